The van der Waals surface area contributed by atoms with Crippen molar-refractivity contribution >= 4 is 28.3 Å². The van der Waals surface area contributed by atoms with Gasteiger partial charge in [0.15, 0.2) is 5.78 Å². The third-order valence-electron chi connectivity index (χ3n) is 2.33. The number of hydrogen-bond acceptors (Lipinski definition) is 1. The maximum atomic E-state index is 11.2. The molecule has 0 amide bonds. The van der Waals surface area contributed by atoms with Gasteiger partial charge in [0.1, 0.15) is 0 Å². The highest BCUT2D eigenvalue weighted by atomic mass is 35.5. The number of carbonyl (C=O) groups excluding carboxylic acids is 1. The van der Waals surface area contributed by atoms with Crippen LogP contribution in [-0.4, -0.2) is 10.4 Å². The number of aromatic nitrogens is 1. The molecule has 0 saturated carbocycles. The lowest BCUT2D eigenvalue weighted by atomic mass is 10.1. The van der Waals surface area contributed by atoms with Crippen molar-refractivity contribution in [3.63, 3.8) is 0 Å². The van der Waals surface area contributed by atoms with Crippen LogP contribution in [0.4, 0.5) is 0 Å². The zero-order valence-corrected chi connectivity index (χ0v) is 8.80. The van der Waals surface area contributed by atoms with Crippen molar-refractivity contribution in [1.82, 2.24) is 4.57 Å². The highest BCUT2D eigenvalue weighted by Gasteiger charge is 2.07. The quantitative estimate of drug-likeness (QED) is 0.659. The number of carbonyl (C=O) groups is 1. The molecule has 72 valence electrons. The van der Waals surface area contributed by atoms with E-state index >= 15 is 0 Å². The van der Waals surface area contributed by atoms with Crippen LogP contribution < -0.4 is 0 Å². The van der Waals surface area contributed by atoms with Gasteiger partial charge in [0, 0.05) is 24.2 Å². The van der Waals surface area contributed by atoms with Gasteiger partial charge in [-0.25, -0.2) is 0 Å². The Morgan fingerprint density at radius 1 is 1.43 bits per heavy atom. The highest BCUT2D eigenvalue weighted by molar-refractivity contribution is 6.35. The van der Waals surface area contributed by atoms with Crippen molar-refractivity contribution in [3.05, 3.63) is 35.0 Å². The summed E-state index contributed by atoms with van der Waals surface area (Å²) >= 11 is 6.08. The van der Waals surface area contributed by atoms with Gasteiger partial charge in [-0.2, -0.15) is 0 Å². The second-order valence-corrected chi connectivity index (χ2v) is 3.79. The Labute approximate surface area is 87.1 Å². The molecule has 0 bridgehead atoms. The first-order valence-electron chi connectivity index (χ1n) is 4.35. The SMILES string of the molecule is CC(=O)c1cc(Cl)c2c(ccn2C)c1. The van der Waals surface area contributed by atoms with Gasteiger partial charge >= 0.3 is 0 Å². The van der Waals surface area contributed by atoms with E-state index in [1.54, 1.807) is 13.0 Å². The van der Waals surface area contributed by atoms with Gasteiger partial charge < -0.3 is 4.57 Å². The van der Waals surface area contributed by atoms with Crippen molar-refractivity contribution < 1.29 is 4.79 Å². The second kappa shape index (κ2) is 3.14. The van der Waals surface area contributed by atoms with Gasteiger partial charge in [0.2, 0.25) is 0 Å². The minimum Gasteiger partial charge on any atom is -0.349 e. The molecule has 0 aliphatic rings. The number of ketones is 1. The topological polar surface area (TPSA) is 22.0 Å². The lowest BCUT2D eigenvalue weighted by Gasteiger charge is -2.01. The highest BCUT2D eigenvalue weighted by Crippen LogP contribution is 2.25. The van der Waals surface area contributed by atoms with E-state index in [1.165, 1.54) is 0 Å². The lowest BCUT2D eigenvalue weighted by Crippen LogP contribution is -1.93. The fourth-order valence-electron chi connectivity index (χ4n) is 1.59. The average Bonchev–Trinajstić information content (AvgIpc) is 2.48. The predicted octanol–water partition coefficient (Wildman–Crippen LogP) is 3.03. The Morgan fingerprint density at radius 3 is 2.79 bits per heavy atom. The third kappa shape index (κ3) is 1.32. The van der Waals surface area contributed by atoms with Crippen LogP contribution in [0.1, 0.15) is 17.3 Å². The minimum atomic E-state index is 0.0395. The van der Waals surface area contributed by atoms with E-state index in [-0.39, 0.29) is 5.78 Å². The number of fused-ring (bicyclic) bond motifs is 1. The molecule has 0 atom stereocenters. The fourth-order valence-corrected chi connectivity index (χ4v) is 1.95. The van der Waals surface area contributed by atoms with Crippen LogP contribution in [-0.2, 0) is 7.05 Å². The zero-order valence-electron chi connectivity index (χ0n) is 8.04. The van der Waals surface area contributed by atoms with Gasteiger partial charge in [0.25, 0.3) is 0 Å². The van der Waals surface area contributed by atoms with Crippen molar-refractivity contribution in [3.8, 4) is 0 Å². The first kappa shape index (κ1) is 9.28. The maximum absolute atomic E-state index is 11.2. The first-order valence-corrected chi connectivity index (χ1v) is 4.73. The van der Waals surface area contributed by atoms with Gasteiger partial charge in [-0.05, 0) is 25.1 Å². The molecule has 3 heteroatoms. The Kier molecular flexibility index (Phi) is 2.08. The first-order chi connectivity index (χ1) is 6.59. The molecule has 2 nitrogen and oxygen atoms in total. The molecular weight excluding hydrogens is 198 g/mol. The third-order valence-corrected chi connectivity index (χ3v) is 2.62. The van der Waals surface area contributed by atoms with Crippen LogP contribution in [0.5, 0.6) is 0 Å². The standard InChI is InChI=1S/C11H10ClNO/c1-7(14)9-5-8-3-4-13(2)11(8)10(12)6-9/h3-6H,1-2H3. The molecule has 1 heterocycles. The number of aryl methyl sites for hydroxylation is 1. The molecule has 0 aliphatic heterocycles. The van der Waals surface area contributed by atoms with E-state index in [9.17, 15) is 4.79 Å². The minimum absolute atomic E-state index is 0.0395. The average molecular weight is 208 g/mol. The number of nitrogens with zero attached hydrogens (tertiary/aromatic N) is 1. The number of hydrogen-bond donors (Lipinski definition) is 0. The van der Waals surface area contributed by atoms with Crippen molar-refractivity contribution in [2.45, 2.75) is 6.92 Å². The molecule has 14 heavy (non-hydrogen) atoms. The van der Waals surface area contributed by atoms with E-state index in [2.05, 4.69) is 0 Å². The van der Waals surface area contributed by atoms with Gasteiger partial charge in [0.05, 0.1) is 10.5 Å². The lowest BCUT2D eigenvalue weighted by molar-refractivity contribution is 0.101. The van der Waals surface area contributed by atoms with Crippen molar-refractivity contribution in [1.29, 1.82) is 0 Å². The summed E-state index contributed by atoms with van der Waals surface area (Å²) in [5, 5.41) is 1.63. The Hall–Kier alpha value is -1.28. The summed E-state index contributed by atoms with van der Waals surface area (Å²) in [6, 6.07) is 5.53. The Bertz CT molecular complexity index is 513. The number of benzene rings is 1. The molecule has 2 rings (SSSR count). The van der Waals surface area contributed by atoms with Crippen LogP contribution in [0.15, 0.2) is 24.4 Å². The van der Waals surface area contributed by atoms with Crippen LogP contribution in [0.3, 0.4) is 0 Å². The smallest absolute Gasteiger partial charge is 0.159 e. The van der Waals surface area contributed by atoms with Gasteiger partial charge in [-0.1, -0.05) is 11.6 Å². The summed E-state index contributed by atoms with van der Waals surface area (Å²) < 4.78 is 1.95. The summed E-state index contributed by atoms with van der Waals surface area (Å²) in [7, 11) is 1.93. The van der Waals surface area contributed by atoms with Crippen molar-refractivity contribution in [2.24, 2.45) is 7.05 Å². The van der Waals surface area contributed by atoms with E-state index in [4.69, 9.17) is 11.6 Å². The molecule has 0 radical (unpaired) electrons. The summed E-state index contributed by atoms with van der Waals surface area (Å²) in [6.45, 7) is 1.54. The summed E-state index contributed by atoms with van der Waals surface area (Å²) in [5.74, 6) is 0.0395. The Balaban J connectivity index is 2.80. The molecule has 0 aliphatic carbocycles. The van der Waals surface area contributed by atoms with Gasteiger partial charge in [-0.3, -0.25) is 4.79 Å². The molecule has 0 N–H and O–H groups in total. The van der Waals surface area contributed by atoms with Crippen molar-refractivity contribution in [2.75, 3.05) is 0 Å². The Morgan fingerprint density at radius 2 is 2.14 bits per heavy atom. The molecule has 1 aromatic carbocycles. The molecular formula is C11H10ClNO. The summed E-state index contributed by atoms with van der Waals surface area (Å²) in [4.78, 5) is 11.2. The van der Waals surface area contributed by atoms with Crippen LogP contribution in [0.2, 0.25) is 5.02 Å². The number of Topliss-reactive ketones (excluding diaryl/α,β-unsaturated/α-hetero) is 1. The van der Waals surface area contributed by atoms with Crippen LogP contribution in [0, 0.1) is 0 Å². The van der Waals surface area contributed by atoms with E-state index < -0.39 is 0 Å². The predicted molar refractivity (Wildman–Crippen MR) is 57.9 cm³/mol. The van der Waals surface area contributed by atoms with E-state index in [0.717, 1.165) is 10.9 Å². The van der Waals surface area contributed by atoms with E-state index in [1.807, 2.05) is 29.9 Å². The number of halogens is 1. The molecule has 2 aromatic rings. The fraction of sp³-hybridized carbons (Fsp3) is 0.182. The molecule has 0 unspecified atom stereocenters. The maximum Gasteiger partial charge on any atom is 0.159 e. The summed E-state index contributed by atoms with van der Waals surface area (Å²) in [5.41, 5.74) is 1.63. The monoisotopic (exact) mass is 207 g/mol. The largest absolute Gasteiger partial charge is 0.349 e. The molecule has 0 spiro atoms. The molecule has 1 aromatic heterocycles. The molecule has 0 saturated heterocycles. The number of rotatable bonds is 1. The van der Waals surface area contributed by atoms with Gasteiger partial charge in [-0.15, -0.1) is 0 Å². The summed E-state index contributed by atoms with van der Waals surface area (Å²) in [6.07, 6.45) is 1.93. The van der Waals surface area contributed by atoms with E-state index in [0.29, 0.717) is 10.6 Å². The zero-order chi connectivity index (χ0) is 10.3. The van der Waals surface area contributed by atoms with Crippen LogP contribution >= 0.6 is 11.6 Å². The second-order valence-electron chi connectivity index (χ2n) is 3.38. The normalized spacial score (nSPS) is 10.8. The van der Waals surface area contributed by atoms with Crippen LogP contribution in [0.25, 0.3) is 10.9 Å². The molecule has 0 fully saturated rings.